The number of benzene rings is 1. The minimum atomic E-state index is -1.45. The molecule has 107 heavy (non-hydrogen) atoms. The van der Waals surface area contributed by atoms with Crippen LogP contribution in [0.2, 0.25) is 0 Å². The highest BCUT2D eigenvalue weighted by molar-refractivity contribution is 6.00. The van der Waals surface area contributed by atoms with Crippen molar-refractivity contribution in [3.63, 3.8) is 0 Å². The maximum atomic E-state index is 14.9. The van der Waals surface area contributed by atoms with Crippen LogP contribution in [-0.2, 0) is 64.0 Å². The van der Waals surface area contributed by atoms with E-state index in [1.54, 1.807) is 93.6 Å². The molecule has 1 heterocycles. The predicted octanol–water partition coefficient (Wildman–Crippen LogP) is -5.89. The molecule has 2 rings (SSSR count). The molecule has 0 bridgehead atoms. The summed E-state index contributed by atoms with van der Waals surface area (Å²) < 4.78 is 0. The number of carbonyl (C=O) groups excluding carboxylic acids is 12. The number of fused-ring (bicyclic) bond motifs is 1. The molecule has 14 atom stereocenters. The van der Waals surface area contributed by atoms with Gasteiger partial charge in [-0.05, 0) is 99.5 Å². The van der Waals surface area contributed by atoms with Crippen LogP contribution in [0.25, 0.3) is 10.9 Å². The normalized spacial score (nSPS) is 15.1. The van der Waals surface area contributed by atoms with Crippen LogP contribution >= 0.6 is 0 Å². The van der Waals surface area contributed by atoms with Crippen LogP contribution in [0.1, 0.15) is 146 Å². The zero-order valence-electron chi connectivity index (χ0n) is 63.6. The van der Waals surface area contributed by atoms with Crippen LogP contribution in [0, 0.1) is 29.6 Å². The van der Waals surface area contributed by atoms with Crippen molar-refractivity contribution in [2.24, 2.45) is 113 Å². The molecule has 0 radical (unpaired) electrons. The highest BCUT2D eigenvalue weighted by atomic mass is 16.2. The molecule has 39 heteroatoms. The molecule has 2 aromatic rings. The lowest BCUT2D eigenvalue weighted by molar-refractivity contribution is -0.137. The van der Waals surface area contributed by atoms with E-state index in [1.807, 2.05) is 6.07 Å². The van der Waals surface area contributed by atoms with Crippen molar-refractivity contribution in [2.75, 3.05) is 32.7 Å². The molecular weight excluding hydrogens is 1390 g/mol. The van der Waals surface area contributed by atoms with Crippen molar-refractivity contribution in [3.8, 4) is 0 Å². The number of aromatic nitrogens is 1. The molecule has 0 unspecified atom stereocenters. The zero-order valence-corrected chi connectivity index (χ0v) is 63.6. The third kappa shape index (κ3) is 32.8. The van der Waals surface area contributed by atoms with Gasteiger partial charge in [-0.25, -0.2) is 0 Å². The standard InChI is InChI=1S/C68H121N27O12/c1-12-36(9)51(63(106)90-46(30-39-32-84-41-21-15-14-20-40(39)41)58(101)87-43(23-17-27-81-66(74)75)55(98)86-42(53(71)96)22-16-26-80-65(72)73)94-57(100)45(25-19-29-83-68(78)79)89-62(105)50(35(7)8)92-54(97)38(11)85-61(104)49(34(5)6)93-64(107)52(37(10)13-2)95-59(102)47(31-69)91-56(99)44(24-18-28-82-67(76)77)88-60(103)48(70)33(3)4/h14-15,20-21,32-38,42-52,84H,12-13,16-19,22-31,69-70H2,1-11H3,(H2,71,96)(H,85,104)(H,86,98)(H,87,101)(H,88,103)(H,89,105)(H,90,106)(H,91,99)(H,92,97)(H,93,107)(H,94,100)(H,95,102)(H4,72,73,80)(H4,74,75,81)(H4,76,77,82)(H4,78,79,83)/t36-,37-,38-,42-,43-,44-,45-,46-,47-,48-,49-,50-,51-,52-/m0/s1. The topological polar surface area (TPSA) is 689 Å². The average Bonchev–Trinajstić information content (AvgIpc) is 1.77. The van der Waals surface area contributed by atoms with Crippen molar-refractivity contribution in [2.45, 2.75) is 219 Å². The number of aliphatic imine (C=N–C) groups is 4. The fourth-order valence-corrected chi connectivity index (χ4v) is 10.8. The monoisotopic (exact) mass is 1510 g/mol. The number of primary amides is 1. The molecule has 0 aliphatic rings. The van der Waals surface area contributed by atoms with Crippen molar-refractivity contribution >= 4 is 106 Å². The summed E-state index contributed by atoms with van der Waals surface area (Å²) in [4.78, 5) is 188. The Morgan fingerprint density at radius 2 is 0.710 bits per heavy atom. The predicted molar refractivity (Wildman–Crippen MR) is 408 cm³/mol. The first-order valence-corrected chi connectivity index (χ1v) is 36.1. The maximum Gasteiger partial charge on any atom is 0.244 e. The number of rotatable bonds is 49. The Morgan fingerprint density at radius 1 is 0.383 bits per heavy atom. The Kier molecular flexibility index (Phi) is 40.7. The van der Waals surface area contributed by atoms with Crippen LogP contribution in [0.4, 0.5) is 0 Å². The number of nitrogens with one attached hydrogen (secondary N) is 12. The Bertz CT molecular complexity index is 3400. The average molecular weight is 1510 g/mol. The second kappa shape index (κ2) is 47.1. The number of para-hydroxylation sites is 1. The van der Waals surface area contributed by atoms with Gasteiger partial charge in [0.1, 0.15) is 66.5 Å². The molecule has 1 aromatic heterocycles. The van der Waals surface area contributed by atoms with E-state index in [0.29, 0.717) is 29.3 Å². The largest absolute Gasteiger partial charge is 0.370 e. The molecular formula is C68H121N27O12. The van der Waals surface area contributed by atoms with E-state index in [0.717, 1.165) is 0 Å². The van der Waals surface area contributed by atoms with Crippen LogP contribution in [0.15, 0.2) is 50.4 Å². The van der Waals surface area contributed by atoms with Crippen LogP contribution in [0.3, 0.4) is 0 Å². The van der Waals surface area contributed by atoms with E-state index in [2.05, 4.69) is 83.4 Å². The van der Waals surface area contributed by atoms with Crippen molar-refractivity contribution in [1.82, 2.24) is 63.5 Å². The van der Waals surface area contributed by atoms with Gasteiger partial charge < -0.3 is 127 Å². The SMILES string of the molecule is CC[C@H](C)[C@H](NC(=O)[C@H](CCCN=C(N)N)NC(=O)[C@@H](NC(=O)[C@H](C)NC(=O)[C@@H](NC(=O)[C@@H](NC(=O)[C@H](CN)NC(=O)[C@H](CCCN=C(N)N)NC(=O)[C@@H](N)C(C)C)[C@@H](C)CC)C(C)C)C(C)C)C(=O)N[C@@H](Cc1c[nH]c2ccccc12)C(=O)N[C@@H](CCCN=C(N)N)C(=O)N[C@@H](CCCN=C(N)N)C(N)=O. The molecule has 12 amide bonds. The Labute approximate surface area is 625 Å². The zero-order chi connectivity index (χ0) is 80.9. The van der Waals surface area contributed by atoms with Gasteiger partial charge in [0.25, 0.3) is 0 Å². The first-order valence-electron chi connectivity index (χ1n) is 36.1. The number of nitrogens with zero attached hydrogens (tertiary/aromatic N) is 4. The van der Waals surface area contributed by atoms with Crippen molar-refractivity contribution < 1.29 is 57.5 Å². The number of H-pyrrole nitrogens is 1. The number of hydrogen-bond donors (Lipinski definition) is 23. The summed E-state index contributed by atoms with van der Waals surface area (Å²) in [7, 11) is 0. The Hall–Kier alpha value is -10.6. The number of carbonyl (C=O) groups is 12. The molecule has 0 fully saturated rings. The van der Waals surface area contributed by atoms with E-state index in [1.165, 1.54) is 6.92 Å². The number of amides is 12. The highest BCUT2D eigenvalue weighted by Crippen LogP contribution is 2.21. The van der Waals surface area contributed by atoms with Gasteiger partial charge >= 0.3 is 0 Å². The lowest BCUT2D eigenvalue weighted by Gasteiger charge is -2.31. The van der Waals surface area contributed by atoms with Crippen molar-refractivity contribution in [3.05, 3.63) is 36.0 Å². The molecule has 0 saturated carbocycles. The fraction of sp³-hybridized carbons (Fsp3) is 0.647. The minimum Gasteiger partial charge on any atom is -0.370 e. The fourth-order valence-electron chi connectivity index (χ4n) is 10.8. The summed E-state index contributed by atoms with van der Waals surface area (Å²) in [5.41, 5.74) is 63.2. The second-order valence-electron chi connectivity index (χ2n) is 27.6. The summed E-state index contributed by atoms with van der Waals surface area (Å²) in [6.07, 6.45) is 2.79. The summed E-state index contributed by atoms with van der Waals surface area (Å²) in [5, 5.41) is 30.1. The molecule has 0 spiro atoms. The molecule has 39 nitrogen and oxygen atoms in total. The maximum absolute atomic E-state index is 14.9. The van der Waals surface area contributed by atoms with Gasteiger partial charge in [-0.2, -0.15) is 0 Å². The number of hydrogen-bond acceptors (Lipinski definition) is 18. The van der Waals surface area contributed by atoms with Gasteiger partial charge in [-0.15, -0.1) is 0 Å². The third-order valence-electron chi connectivity index (χ3n) is 17.8. The van der Waals surface area contributed by atoms with E-state index in [4.69, 9.17) is 63.1 Å². The van der Waals surface area contributed by atoms with E-state index >= 15 is 0 Å². The summed E-state index contributed by atoms with van der Waals surface area (Å²) in [5.74, 6) is -13.4. The van der Waals surface area contributed by atoms with Gasteiger partial charge in [-0.3, -0.25) is 77.5 Å². The first kappa shape index (κ1) is 92.5. The van der Waals surface area contributed by atoms with Crippen LogP contribution in [-0.4, -0.2) is 205 Å². The molecule has 0 aliphatic carbocycles. The molecule has 1 aromatic carbocycles. The molecule has 0 aliphatic heterocycles. The number of aromatic amines is 1. The lowest BCUT2D eigenvalue weighted by atomic mass is 9.96. The smallest absolute Gasteiger partial charge is 0.244 e. The van der Waals surface area contributed by atoms with Gasteiger partial charge in [0, 0.05) is 56.2 Å². The van der Waals surface area contributed by atoms with E-state index in [-0.39, 0.29) is 114 Å². The third-order valence-corrected chi connectivity index (χ3v) is 17.8. The van der Waals surface area contributed by atoms with Crippen molar-refractivity contribution in [1.29, 1.82) is 0 Å². The number of nitrogens with two attached hydrogens (primary N) is 11. The molecule has 600 valence electrons. The molecule has 34 N–H and O–H groups in total. The first-order chi connectivity index (χ1) is 50.3. The van der Waals surface area contributed by atoms with Gasteiger partial charge in [0.2, 0.25) is 70.9 Å². The van der Waals surface area contributed by atoms with Gasteiger partial charge in [0.15, 0.2) is 23.8 Å². The van der Waals surface area contributed by atoms with Gasteiger partial charge in [0.05, 0.1) is 6.04 Å². The lowest BCUT2D eigenvalue weighted by Crippen LogP contribution is -2.62. The van der Waals surface area contributed by atoms with E-state index in [9.17, 15) is 57.5 Å². The van der Waals surface area contributed by atoms with Gasteiger partial charge in [-0.1, -0.05) is 100 Å². The molecule has 0 saturated heterocycles. The summed E-state index contributed by atoms with van der Waals surface area (Å²) in [6.45, 7) is 18.0. The Morgan fingerprint density at radius 3 is 1.12 bits per heavy atom. The Balaban J connectivity index is 2.49. The number of guanidine groups is 4. The minimum absolute atomic E-state index is 0.00228. The summed E-state index contributed by atoms with van der Waals surface area (Å²) in [6, 6.07) is -8.54. The van der Waals surface area contributed by atoms with Crippen LogP contribution < -0.4 is 122 Å². The summed E-state index contributed by atoms with van der Waals surface area (Å²) >= 11 is 0. The highest BCUT2D eigenvalue weighted by Gasteiger charge is 2.39. The van der Waals surface area contributed by atoms with E-state index < -0.39 is 174 Å². The van der Waals surface area contributed by atoms with Crippen LogP contribution in [0.5, 0.6) is 0 Å². The quantitative estimate of drug-likeness (QED) is 0.0167. The second-order valence-corrected chi connectivity index (χ2v) is 27.6.